The van der Waals surface area contributed by atoms with Gasteiger partial charge in [0.1, 0.15) is 11.9 Å². The lowest BCUT2D eigenvalue weighted by molar-refractivity contribution is -0.144. The summed E-state index contributed by atoms with van der Waals surface area (Å²) in [4.78, 5) is 30.8. The molecule has 2 saturated heterocycles. The molecule has 2 aliphatic heterocycles. The lowest BCUT2D eigenvalue weighted by atomic mass is 9.81. The van der Waals surface area contributed by atoms with Crippen LogP contribution in [0.3, 0.4) is 0 Å². The van der Waals surface area contributed by atoms with Gasteiger partial charge in [0.2, 0.25) is 0 Å². The van der Waals surface area contributed by atoms with Crippen molar-refractivity contribution in [1.82, 2.24) is 9.88 Å². The second-order valence-corrected chi connectivity index (χ2v) is 9.36. The molecule has 4 rings (SSSR count). The summed E-state index contributed by atoms with van der Waals surface area (Å²) in [7, 11) is 0. The van der Waals surface area contributed by atoms with Gasteiger partial charge in [0.15, 0.2) is 5.75 Å². The monoisotopic (exact) mass is 493 g/mol. The molecule has 0 unspecified atom stereocenters. The lowest BCUT2D eigenvalue weighted by Crippen LogP contribution is -2.45. The molecule has 1 aromatic carbocycles. The number of hydrogen-bond acceptors (Lipinski definition) is 5. The summed E-state index contributed by atoms with van der Waals surface area (Å²) >= 11 is 12.6. The van der Waals surface area contributed by atoms with Gasteiger partial charge < -0.3 is 24.7 Å². The largest absolute Gasteiger partial charge is 0.485 e. The Labute approximate surface area is 201 Å². The van der Waals surface area contributed by atoms with Gasteiger partial charge in [0.25, 0.3) is 0 Å². The molecule has 33 heavy (non-hydrogen) atoms. The number of hydrogen-bond donors (Lipinski definition) is 2. The van der Waals surface area contributed by atoms with Gasteiger partial charge in [-0.25, -0.2) is 9.78 Å². The minimum absolute atomic E-state index is 0.0215. The number of amides is 1. The number of nitrogens with zero attached hydrogens (tertiary/aromatic N) is 3. The second-order valence-electron chi connectivity index (χ2n) is 8.55. The zero-order valence-electron chi connectivity index (χ0n) is 18.1. The SMILES string of the molecule is Cc1cc(Cl)c(O[C@H]2CCN(c3ccc([C@@H]4CCN(C(=O)O)C[C@H]4C(=O)O)cn3)C2)c(Cl)c1. The quantitative estimate of drug-likeness (QED) is 0.630. The van der Waals surface area contributed by atoms with E-state index in [1.807, 2.05) is 31.2 Å². The van der Waals surface area contributed by atoms with Crippen LogP contribution in [-0.2, 0) is 4.79 Å². The highest BCUT2D eigenvalue weighted by Gasteiger charge is 2.37. The molecule has 2 N–H and O–H groups in total. The summed E-state index contributed by atoms with van der Waals surface area (Å²) < 4.78 is 6.08. The topological polar surface area (TPSA) is 103 Å². The Balaban J connectivity index is 1.42. The second kappa shape index (κ2) is 9.65. The zero-order valence-corrected chi connectivity index (χ0v) is 19.6. The number of likely N-dealkylation sites (tertiary alicyclic amines) is 1. The molecule has 2 aliphatic rings. The molecule has 3 atom stereocenters. The Morgan fingerprint density at radius 1 is 1.09 bits per heavy atom. The van der Waals surface area contributed by atoms with Crippen molar-refractivity contribution in [1.29, 1.82) is 0 Å². The third kappa shape index (κ3) is 5.12. The van der Waals surface area contributed by atoms with Crippen molar-refractivity contribution in [2.75, 3.05) is 31.1 Å². The van der Waals surface area contributed by atoms with Crippen LogP contribution in [0.4, 0.5) is 10.6 Å². The van der Waals surface area contributed by atoms with Gasteiger partial charge in [-0.3, -0.25) is 4.79 Å². The smallest absolute Gasteiger partial charge is 0.407 e. The molecule has 10 heteroatoms. The summed E-state index contributed by atoms with van der Waals surface area (Å²) in [5, 5.41) is 19.8. The van der Waals surface area contributed by atoms with E-state index in [4.69, 9.17) is 27.9 Å². The maximum absolute atomic E-state index is 11.8. The number of aryl methyl sites for hydroxylation is 1. The predicted molar refractivity (Wildman–Crippen MR) is 125 cm³/mol. The first-order valence-electron chi connectivity index (χ1n) is 10.8. The number of anilines is 1. The van der Waals surface area contributed by atoms with E-state index >= 15 is 0 Å². The number of carbonyl (C=O) groups is 2. The number of aliphatic carboxylic acids is 1. The number of piperidine rings is 1. The zero-order chi connectivity index (χ0) is 23.7. The highest BCUT2D eigenvalue weighted by atomic mass is 35.5. The van der Waals surface area contributed by atoms with E-state index < -0.39 is 18.0 Å². The van der Waals surface area contributed by atoms with Crippen molar-refractivity contribution < 1.29 is 24.5 Å². The molecule has 2 fully saturated rings. The van der Waals surface area contributed by atoms with Gasteiger partial charge in [-0.15, -0.1) is 0 Å². The number of rotatable bonds is 5. The third-order valence-corrected chi connectivity index (χ3v) is 6.86. The van der Waals surface area contributed by atoms with E-state index in [9.17, 15) is 19.8 Å². The molecule has 0 saturated carbocycles. The molecule has 8 nitrogen and oxygen atoms in total. The molecule has 3 heterocycles. The average molecular weight is 494 g/mol. The van der Waals surface area contributed by atoms with Crippen LogP contribution in [0.15, 0.2) is 30.5 Å². The Bertz CT molecular complexity index is 1030. The van der Waals surface area contributed by atoms with E-state index in [0.29, 0.717) is 35.3 Å². The van der Waals surface area contributed by atoms with Crippen LogP contribution in [0.5, 0.6) is 5.75 Å². The first kappa shape index (κ1) is 23.4. The van der Waals surface area contributed by atoms with Crippen LogP contribution < -0.4 is 9.64 Å². The molecule has 2 aromatic rings. The first-order chi connectivity index (χ1) is 15.7. The van der Waals surface area contributed by atoms with E-state index in [2.05, 4.69) is 9.88 Å². The van der Waals surface area contributed by atoms with E-state index in [-0.39, 0.29) is 18.6 Å². The molecular weight excluding hydrogens is 469 g/mol. The highest BCUT2D eigenvalue weighted by molar-refractivity contribution is 6.37. The molecule has 0 bridgehead atoms. The Morgan fingerprint density at radius 3 is 2.42 bits per heavy atom. The number of pyridine rings is 1. The van der Waals surface area contributed by atoms with Crippen LogP contribution in [0.25, 0.3) is 0 Å². The fourth-order valence-electron chi connectivity index (χ4n) is 4.58. The number of carboxylic acid groups (broad SMARTS) is 2. The number of aromatic nitrogens is 1. The minimum atomic E-state index is -1.09. The van der Waals surface area contributed by atoms with Gasteiger partial charge >= 0.3 is 12.1 Å². The fourth-order valence-corrected chi connectivity index (χ4v) is 5.26. The van der Waals surface area contributed by atoms with Crippen molar-refractivity contribution in [2.24, 2.45) is 5.92 Å². The molecule has 1 amide bonds. The van der Waals surface area contributed by atoms with Crippen LogP contribution >= 0.6 is 23.2 Å². The maximum atomic E-state index is 11.8. The van der Waals surface area contributed by atoms with E-state index in [1.165, 1.54) is 0 Å². The van der Waals surface area contributed by atoms with Gasteiger partial charge in [-0.2, -0.15) is 0 Å². The van der Waals surface area contributed by atoms with Crippen molar-refractivity contribution in [2.45, 2.75) is 31.8 Å². The van der Waals surface area contributed by atoms with Crippen molar-refractivity contribution in [3.8, 4) is 5.75 Å². The van der Waals surface area contributed by atoms with Crippen LogP contribution in [0.2, 0.25) is 10.0 Å². The first-order valence-corrected chi connectivity index (χ1v) is 11.5. The van der Waals surface area contributed by atoms with Gasteiger partial charge in [-0.05, 0) is 42.7 Å². The molecule has 0 spiro atoms. The Hall–Kier alpha value is -2.71. The summed E-state index contributed by atoms with van der Waals surface area (Å²) in [5.74, 6) is -0.800. The molecular formula is C23H25Cl2N3O5. The maximum Gasteiger partial charge on any atom is 0.407 e. The molecule has 1 aromatic heterocycles. The molecule has 0 aliphatic carbocycles. The predicted octanol–water partition coefficient (Wildman–Crippen LogP) is 4.52. The highest BCUT2D eigenvalue weighted by Crippen LogP contribution is 2.37. The number of halogens is 2. The van der Waals surface area contributed by atoms with Gasteiger partial charge in [0, 0.05) is 38.2 Å². The molecule has 0 radical (unpaired) electrons. The van der Waals surface area contributed by atoms with Crippen LogP contribution in [0.1, 0.15) is 29.9 Å². The standard InChI is InChI=1S/C23H25Cl2N3O5/c1-13-8-18(24)21(19(25)9-13)33-15-4-6-27(11-15)20-3-2-14(10-26-20)16-5-7-28(23(31)32)12-17(16)22(29)30/h2-3,8-10,15-17H,4-7,11-12H2,1H3,(H,29,30)(H,31,32)/t15-,16-,17+/m0/s1. The number of carboxylic acids is 1. The Morgan fingerprint density at radius 2 is 1.82 bits per heavy atom. The minimum Gasteiger partial charge on any atom is -0.485 e. The van der Waals surface area contributed by atoms with Crippen LogP contribution in [0, 0.1) is 12.8 Å². The summed E-state index contributed by atoms with van der Waals surface area (Å²) in [6, 6.07) is 7.41. The van der Waals surface area contributed by atoms with Crippen molar-refractivity contribution >= 4 is 41.1 Å². The van der Waals surface area contributed by atoms with E-state index in [1.54, 1.807) is 6.20 Å². The third-order valence-electron chi connectivity index (χ3n) is 6.30. The average Bonchev–Trinajstić information content (AvgIpc) is 3.24. The normalized spacial score (nSPS) is 22.9. The summed E-state index contributed by atoms with van der Waals surface area (Å²) in [6.45, 7) is 3.59. The number of benzene rings is 1. The van der Waals surface area contributed by atoms with Gasteiger partial charge in [0.05, 0.1) is 22.5 Å². The Kier molecular flexibility index (Phi) is 6.86. The summed E-state index contributed by atoms with van der Waals surface area (Å²) in [5.41, 5.74) is 1.77. The van der Waals surface area contributed by atoms with Crippen molar-refractivity contribution in [3.05, 3.63) is 51.6 Å². The number of ether oxygens (including phenoxy) is 1. The summed E-state index contributed by atoms with van der Waals surface area (Å²) in [6.07, 6.45) is 1.77. The van der Waals surface area contributed by atoms with E-state index in [0.717, 1.165) is 34.8 Å². The fraction of sp³-hybridized carbons (Fsp3) is 0.435. The molecule has 176 valence electrons. The van der Waals surface area contributed by atoms with Crippen molar-refractivity contribution in [3.63, 3.8) is 0 Å². The lowest BCUT2D eigenvalue weighted by Gasteiger charge is -2.35. The van der Waals surface area contributed by atoms with Crippen LogP contribution in [-0.4, -0.2) is 64.4 Å². The van der Waals surface area contributed by atoms with Gasteiger partial charge in [-0.1, -0.05) is 29.3 Å².